The molecule has 0 heterocycles. The summed E-state index contributed by atoms with van der Waals surface area (Å²) in [6, 6.07) is 32.6. The van der Waals surface area contributed by atoms with Gasteiger partial charge in [-0.05, 0) is 55.7 Å². The van der Waals surface area contributed by atoms with E-state index in [2.05, 4.69) is 16.0 Å². The zero-order chi connectivity index (χ0) is 27.8. The second-order valence-corrected chi connectivity index (χ2v) is 9.62. The van der Waals surface area contributed by atoms with Crippen LogP contribution in [0.15, 0.2) is 109 Å². The molecule has 0 aliphatic heterocycles. The van der Waals surface area contributed by atoms with Crippen molar-refractivity contribution in [1.29, 1.82) is 0 Å². The molecule has 0 saturated heterocycles. The first-order chi connectivity index (χ1) is 18.8. The Bertz CT molecular complexity index is 1240. The lowest BCUT2D eigenvalue weighted by atomic mass is 10.0. The van der Waals surface area contributed by atoms with Crippen LogP contribution in [0.2, 0.25) is 0 Å². The fraction of sp³-hybridized carbons (Fsp3) is 0.182. The van der Waals surface area contributed by atoms with Crippen LogP contribution in [-0.4, -0.2) is 17.7 Å². The van der Waals surface area contributed by atoms with Crippen LogP contribution in [0.1, 0.15) is 86.7 Å². The van der Waals surface area contributed by atoms with Gasteiger partial charge in [-0.1, -0.05) is 91.0 Å². The lowest BCUT2D eigenvalue weighted by molar-refractivity contribution is 0.0939. The van der Waals surface area contributed by atoms with Crippen molar-refractivity contribution in [2.75, 3.05) is 0 Å². The number of carbonyl (C=O) groups excluding carboxylic acids is 3. The van der Waals surface area contributed by atoms with Crippen molar-refractivity contribution in [2.24, 2.45) is 0 Å². The van der Waals surface area contributed by atoms with Gasteiger partial charge in [0, 0.05) is 16.7 Å². The molecule has 6 nitrogen and oxygen atoms in total. The monoisotopic (exact) mass is 519 g/mol. The number of benzene rings is 4. The first kappa shape index (κ1) is 27.3. The lowest BCUT2D eigenvalue weighted by Crippen LogP contribution is -2.31. The predicted octanol–water partition coefficient (Wildman–Crippen LogP) is 6.16. The third-order valence-electron chi connectivity index (χ3n) is 6.66. The Morgan fingerprint density at radius 1 is 0.436 bits per heavy atom. The van der Waals surface area contributed by atoms with E-state index in [4.69, 9.17) is 0 Å². The van der Waals surface area contributed by atoms with Gasteiger partial charge in [-0.25, -0.2) is 0 Å². The second-order valence-electron chi connectivity index (χ2n) is 9.62. The molecular formula is C33H33N3O3. The Morgan fingerprint density at radius 3 is 0.897 bits per heavy atom. The molecule has 0 saturated carbocycles. The number of hydrogen-bond acceptors (Lipinski definition) is 3. The fourth-order valence-electron chi connectivity index (χ4n) is 4.34. The van der Waals surface area contributed by atoms with Gasteiger partial charge in [0.2, 0.25) is 0 Å². The molecule has 3 atom stereocenters. The molecule has 39 heavy (non-hydrogen) atoms. The maximum absolute atomic E-state index is 13.3. The number of amides is 3. The Balaban J connectivity index is 1.60. The van der Waals surface area contributed by atoms with E-state index in [9.17, 15) is 14.4 Å². The minimum absolute atomic E-state index is 0.232. The van der Waals surface area contributed by atoms with Gasteiger partial charge >= 0.3 is 0 Å². The summed E-state index contributed by atoms with van der Waals surface area (Å²) >= 11 is 0. The van der Waals surface area contributed by atoms with Crippen LogP contribution in [0, 0.1) is 0 Å². The van der Waals surface area contributed by atoms with Crippen LogP contribution in [0.5, 0.6) is 0 Å². The highest BCUT2D eigenvalue weighted by atomic mass is 16.2. The highest BCUT2D eigenvalue weighted by Crippen LogP contribution is 2.19. The molecule has 0 aromatic heterocycles. The molecular weight excluding hydrogens is 486 g/mol. The average molecular weight is 520 g/mol. The fourth-order valence-corrected chi connectivity index (χ4v) is 4.34. The van der Waals surface area contributed by atoms with E-state index in [0.29, 0.717) is 0 Å². The molecule has 0 fully saturated rings. The minimum atomic E-state index is -0.373. The zero-order valence-electron chi connectivity index (χ0n) is 22.3. The lowest BCUT2D eigenvalue weighted by Gasteiger charge is -2.18. The minimum Gasteiger partial charge on any atom is -0.346 e. The van der Waals surface area contributed by atoms with E-state index in [1.165, 1.54) is 18.2 Å². The SMILES string of the molecule is C[C@H](NC(=O)c1cc(C(=O)N[C@@H](C)c2ccccc2)cc(C(=O)N[C@H](C)c2ccccc2)c1)c1ccccc1. The summed E-state index contributed by atoms with van der Waals surface area (Å²) in [7, 11) is 0. The van der Waals surface area contributed by atoms with E-state index in [0.717, 1.165) is 16.7 Å². The molecule has 3 amide bonds. The van der Waals surface area contributed by atoms with Gasteiger partial charge in [0.05, 0.1) is 18.1 Å². The Morgan fingerprint density at radius 2 is 0.667 bits per heavy atom. The molecule has 0 radical (unpaired) electrons. The number of nitrogens with one attached hydrogen (secondary N) is 3. The van der Waals surface area contributed by atoms with Crippen LogP contribution in [0.3, 0.4) is 0 Å². The molecule has 6 heteroatoms. The average Bonchev–Trinajstić information content (AvgIpc) is 2.98. The molecule has 0 unspecified atom stereocenters. The molecule has 0 spiro atoms. The van der Waals surface area contributed by atoms with Crippen molar-refractivity contribution < 1.29 is 14.4 Å². The largest absolute Gasteiger partial charge is 0.346 e. The van der Waals surface area contributed by atoms with Crippen LogP contribution in [0.25, 0.3) is 0 Å². The van der Waals surface area contributed by atoms with Crippen molar-refractivity contribution in [2.45, 2.75) is 38.9 Å². The van der Waals surface area contributed by atoms with Gasteiger partial charge in [0.1, 0.15) is 0 Å². The highest BCUT2D eigenvalue weighted by molar-refractivity contribution is 6.04. The van der Waals surface area contributed by atoms with Crippen molar-refractivity contribution in [3.05, 3.63) is 143 Å². The third-order valence-corrected chi connectivity index (χ3v) is 6.66. The van der Waals surface area contributed by atoms with Crippen LogP contribution in [-0.2, 0) is 0 Å². The zero-order valence-corrected chi connectivity index (χ0v) is 22.3. The molecule has 198 valence electrons. The van der Waals surface area contributed by atoms with Gasteiger partial charge in [-0.15, -0.1) is 0 Å². The van der Waals surface area contributed by atoms with Crippen LogP contribution < -0.4 is 16.0 Å². The quantitative estimate of drug-likeness (QED) is 0.248. The first-order valence-corrected chi connectivity index (χ1v) is 13.0. The van der Waals surface area contributed by atoms with E-state index in [1.807, 2.05) is 112 Å². The summed E-state index contributed by atoms with van der Waals surface area (Å²) in [5.74, 6) is -1.12. The van der Waals surface area contributed by atoms with Crippen molar-refractivity contribution in [3.63, 3.8) is 0 Å². The standard InChI is InChI=1S/C33H33N3O3/c1-22(25-13-7-4-8-14-25)34-31(37)28-19-29(32(38)35-23(2)26-15-9-5-10-16-26)21-30(20-28)33(39)36-24(3)27-17-11-6-12-18-27/h4-24H,1-3H3,(H,34,37)(H,35,38)(H,36,39)/t22-,23-,24+/m0/s1. The van der Waals surface area contributed by atoms with Gasteiger partial charge in [0.15, 0.2) is 0 Å². The van der Waals surface area contributed by atoms with Gasteiger partial charge < -0.3 is 16.0 Å². The number of carbonyl (C=O) groups is 3. The Kier molecular flexibility index (Phi) is 8.90. The maximum Gasteiger partial charge on any atom is 0.251 e. The summed E-state index contributed by atoms with van der Waals surface area (Å²) in [6.07, 6.45) is 0. The number of hydrogen-bond donors (Lipinski definition) is 3. The van der Waals surface area contributed by atoms with Gasteiger partial charge in [0.25, 0.3) is 17.7 Å². The summed E-state index contributed by atoms with van der Waals surface area (Å²) in [6.45, 7) is 5.67. The smallest absolute Gasteiger partial charge is 0.251 e. The predicted molar refractivity (Wildman–Crippen MR) is 153 cm³/mol. The first-order valence-electron chi connectivity index (χ1n) is 13.0. The molecule has 4 aromatic carbocycles. The van der Waals surface area contributed by atoms with E-state index in [-0.39, 0.29) is 52.5 Å². The molecule has 0 aliphatic rings. The molecule has 0 aliphatic carbocycles. The molecule has 4 aromatic rings. The van der Waals surface area contributed by atoms with Crippen LogP contribution >= 0.6 is 0 Å². The second kappa shape index (κ2) is 12.7. The Labute approximate surface area is 229 Å². The third kappa shape index (κ3) is 7.20. The van der Waals surface area contributed by atoms with Crippen LogP contribution in [0.4, 0.5) is 0 Å². The van der Waals surface area contributed by atoms with Gasteiger partial charge in [-0.2, -0.15) is 0 Å². The van der Waals surface area contributed by atoms with E-state index >= 15 is 0 Å². The molecule has 3 N–H and O–H groups in total. The summed E-state index contributed by atoms with van der Waals surface area (Å²) < 4.78 is 0. The van der Waals surface area contributed by atoms with Crippen molar-refractivity contribution in [3.8, 4) is 0 Å². The van der Waals surface area contributed by atoms with E-state index < -0.39 is 0 Å². The molecule has 0 bridgehead atoms. The molecule has 4 rings (SSSR count). The van der Waals surface area contributed by atoms with Crippen molar-refractivity contribution >= 4 is 17.7 Å². The maximum atomic E-state index is 13.3. The van der Waals surface area contributed by atoms with E-state index in [1.54, 1.807) is 0 Å². The Hall–Kier alpha value is -4.71. The summed E-state index contributed by atoms with van der Waals surface area (Å²) in [5.41, 5.74) is 3.55. The number of rotatable bonds is 9. The summed E-state index contributed by atoms with van der Waals surface area (Å²) in [5, 5.41) is 8.93. The normalized spacial score (nSPS) is 13.0. The highest BCUT2D eigenvalue weighted by Gasteiger charge is 2.20. The summed E-state index contributed by atoms with van der Waals surface area (Å²) in [4.78, 5) is 39.9. The topological polar surface area (TPSA) is 87.3 Å². The van der Waals surface area contributed by atoms with Crippen molar-refractivity contribution in [1.82, 2.24) is 16.0 Å². The van der Waals surface area contributed by atoms with Gasteiger partial charge in [-0.3, -0.25) is 14.4 Å².